The minimum absolute atomic E-state index is 0.0736. The highest BCUT2D eigenvalue weighted by atomic mass is 32.2. The molecule has 0 fully saturated rings. The lowest BCUT2D eigenvalue weighted by Crippen LogP contribution is -2.05. The number of nitrogens with zero attached hydrogens (tertiary/aromatic N) is 3. The summed E-state index contributed by atoms with van der Waals surface area (Å²) in [7, 11) is 0. The van der Waals surface area contributed by atoms with Crippen molar-refractivity contribution in [1.29, 1.82) is 0 Å². The average molecular weight is 395 g/mol. The zero-order valence-corrected chi connectivity index (χ0v) is 16.8. The third-order valence-electron chi connectivity index (χ3n) is 3.53. The van der Waals surface area contributed by atoms with Gasteiger partial charge in [-0.05, 0) is 39.8 Å². The van der Waals surface area contributed by atoms with E-state index in [0.29, 0.717) is 54.6 Å². The largest absolute Gasteiger partial charge is 0.490 e. The number of benzene rings is 1. The van der Waals surface area contributed by atoms with E-state index in [1.54, 1.807) is 0 Å². The maximum Gasteiger partial charge on any atom is 0.313 e. The van der Waals surface area contributed by atoms with E-state index in [2.05, 4.69) is 10.2 Å². The Labute approximate surface area is 162 Å². The summed E-state index contributed by atoms with van der Waals surface area (Å²) in [4.78, 5) is 10.9. The molecule has 1 heterocycles. The van der Waals surface area contributed by atoms with Crippen LogP contribution >= 0.6 is 11.8 Å². The minimum atomic E-state index is -0.898. The molecular weight excluding hydrogens is 370 g/mol. The second-order valence-corrected chi connectivity index (χ2v) is 6.28. The Balaban J connectivity index is 2.52. The number of hydrogen-bond acceptors (Lipinski definition) is 7. The van der Waals surface area contributed by atoms with Crippen molar-refractivity contribution in [3.05, 3.63) is 12.1 Å². The molecule has 0 bridgehead atoms. The van der Waals surface area contributed by atoms with Gasteiger partial charge < -0.3 is 23.9 Å². The van der Waals surface area contributed by atoms with Crippen molar-refractivity contribution in [3.8, 4) is 28.6 Å². The normalized spacial score (nSPS) is 10.7. The Morgan fingerprint density at radius 2 is 1.63 bits per heavy atom. The van der Waals surface area contributed by atoms with Crippen LogP contribution in [-0.2, 0) is 11.3 Å². The topological polar surface area (TPSA) is 95.7 Å². The van der Waals surface area contributed by atoms with Crippen LogP contribution in [0.15, 0.2) is 17.3 Å². The predicted molar refractivity (Wildman–Crippen MR) is 103 cm³/mol. The molecule has 0 spiro atoms. The lowest BCUT2D eigenvalue weighted by Gasteiger charge is -2.17. The van der Waals surface area contributed by atoms with Gasteiger partial charge in [0.15, 0.2) is 22.5 Å². The fraction of sp³-hybridized carbons (Fsp3) is 0.500. The highest BCUT2D eigenvalue weighted by Gasteiger charge is 2.20. The molecule has 0 saturated heterocycles. The van der Waals surface area contributed by atoms with Gasteiger partial charge in [-0.15, -0.1) is 10.2 Å². The van der Waals surface area contributed by atoms with Crippen LogP contribution in [0.4, 0.5) is 0 Å². The van der Waals surface area contributed by atoms with Crippen LogP contribution in [0.25, 0.3) is 11.4 Å². The van der Waals surface area contributed by atoms with Gasteiger partial charge in [-0.3, -0.25) is 4.79 Å². The van der Waals surface area contributed by atoms with Gasteiger partial charge in [-0.25, -0.2) is 0 Å². The lowest BCUT2D eigenvalue weighted by molar-refractivity contribution is -0.133. The number of carbonyl (C=O) groups is 1. The molecule has 27 heavy (non-hydrogen) atoms. The van der Waals surface area contributed by atoms with Gasteiger partial charge in [-0.1, -0.05) is 11.8 Å². The number of carboxylic acid groups (broad SMARTS) is 1. The van der Waals surface area contributed by atoms with E-state index >= 15 is 0 Å². The number of thioether (sulfide) groups is 1. The van der Waals surface area contributed by atoms with Gasteiger partial charge in [0.1, 0.15) is 0 Å². The molecule has 8 nitrogen and oxygen atoms in total. The fourth-order valence-electron chi connectivity index (χ4n) is 2.54. The summed E-state index contributed by atoms with van der Waals surface area (Å²) in [6, 6.07) is 3.69. The van der Waals surface area contributed by atoms with Crippen molar-refractivity contribution in [2.45, 2.75) is 39.4 Å². The first-order valence-corrected chi connectivity index (χ1v) is 9.88. The lowest BCUT2D eigenvalue weighted by atomic mass is 10.1. The summed E-state index contributed by atoms with van der Waals surface area (Å²) >= 11 is 1.14. The third kappa shape index (κ3) is 5.06. The minimum Gasteiger partial charge on any atom is -0.490 e. The maximum atomic E-state index is 10.9. The summed E-state index contributed by atoms with van der Waals surface area (Å²) in [6.45, 7) is 9.71. The maximum absolute atomic E-state index is 10.9. The van der Waals surface area contributed by atoms with Gasteiger partial charge >= 0.3 is 5.97 Å². The number of rotatable bonds is 11. The molecule has 148 valence electrons. The van der Waals surface area contributed by atoms with Crippen molar-refractivity contribution >= 4 is 17.7 Å². The Bertz CT molecular complexity index is 751. The van der Waals surface area contributed by atoms with Crippen molar-refractivity contribution in [3.63, 3.8) is 0 Å². The van der Waals surface area contributed by atoms with E-state index in [9.17, 15) is 4.79 Å². The summed E-state index contributed by atoms with van der Waals surface area (Å²) in [5.74, 6) is 1.36. The SMILES string of the molecule is CCOc1cc(-c2nnc(SCC(=O)O)n2CC)cc(OCC)c1OCC. The molecule has 0 unspecified atom stereocenters. The summed E-state index contributed by atoms with van der Waals surface area (Å²) < 4.78 is 19.1. The van der Waals surface area contributed by atoms with Gasteiger partial charge in [0, 0.05) is 12.1 Å². The van der Waals surface area contributed by atoms with Crippen molar-refractivity contribution < 1.29 is 24.1 Å². The molecule has 2 rings (SSSR count). The van der Waals surface area contributed by atoms with E-state index in [1.165, 1.54) is 0 Å². The van der Waals surface area contributed by atoms with Crippen molar-refractivity contribution in [1.82, 2.24) is 14.8 Å². The molecule has 1 aromatic carbocycles. The molecule has 1 N–H and O–H groups in total. The van der Waals surface area contributed by atoms with Crippen LogP contribution in [0.5, 0.6) is 17.2 Å². The van der Waals surface area contributed by atoms with E-state index in [4.69, 9.17) is 19.3 Å². The Morgan fingerprint density at radius 3 is 2.11 bits per heavy atom. The van der Waals surface area contributed by atoms with Crippen LogP contribution in [0.3, 0.4) is 0 Å². The quantitative estimate of drug-likeness (QED) is 0.579. The highest BCUT2D eigenvalue weighted by Crippen LogP contribution is 2.42. The van der Waals surface area contributed by atoms with Crippen molar-refractivity contribution in [2.75, 3.05) is 25.6 Å². The van der Waals surface area contributed by atoms with Gasteiger partial charge in [-0.2, -0.15) is 0 Å². The molecule has 0 atom stereocenters. The van der Waals surface area contributed by atoms with E-state index in [1.807, 2.05) is 44.4 Å². The van der Waals surface area contributed by atoms with Gasteiger partial charge in [0.05, 0.1) is 25.6 Å². The van der Waals surface area contributed by atoms with E-state index < -0.39 is 5.97 Å². The molecule has 0 aliphatic rings. The monoisotopic (exact) mass is 395 g/mol. The molecule has 1 aromatic heterocycles. The third-order valence-corrected chi connectivity index (χ3v) is 4.48. The van der Waals surface area contributed by atoms with Crippen molar-refractivity contribution in [2.24, 2.45) is 0 Å². The molecule has 0 aliphatic carbocycles. The second-order valence-electron chi connectivity index (χ2n) is 5.33. The number of carboxylic acids is 1. The number of aromatic nitrogens is 3. The first-order chi connectivity index (χ1) is 13.0. The first-order valence-electron chi connectivity index (χ1n) is 8.90. The Kier molecular flexibility index (Phi) is 7.78. The standard InChI is InChI=1S/C18H25N3O5S/c1-5-21-17(19-20-18(21)27-11-15(22)23)12-9-13(24-6-2)16(26-8-4)14(10-12)25-7-3/h9-10H,5-8,11H2,1-4H3,(H,22,23). The Morgan fingerprint density at radius 1 is 1.04 bits per heavy atom. The van der Waals surface area contributed by atoms with Crippen LogP contribution in [0.1, 0.15) is 27.7 Å². The molecule has 9 heteroatoms. The molecule has 0 saturated carbocycles. The average Bonchev–Trinajstić information content (AvgIpc) is 3.05. The summed E-state index contributed by atoms with van der Waals surface area (Å²) in [5, 5.41) is 17.9. The smallest absolute Gasteiger partial charge is 0.313 e. The first kappa shape index (κ1) is 20.9. The second kappa shape index (κ2) is 10.1. The molecule has 0 amide bonds. The highest BCUT2D eigenvalue weighted by molar-refractivity contribution is 7.99. The van der Waals surface area contributed by atoms with Crippen LogP contribution in [0.2, 0.25) is 0 Å². The zero-order chi connectivity index (χ0) is 19.8. The fourth-order valence-corrected chi connectivity index (χ4v) is 3.26. The predicted octanol–water partition coefficient (Wildman–Crippen LogP) is 3.34. The van der Waals surface area contributed by atoms with Crippen LogP contribution in [-0.4, -0.2) is 51.4 Å². The number of hydrogen-bond donors (Lipinski definition) is 1. The molecular formula is C18H25N3O5S. The van der Waals surface area contributed by atoms with Gasteiger partial charge in [0.25, 0.3) is 0 Å². The van der Waals surface area contributed by atoms with E-state index in [0.717, 1.165) is 17.3 Å². The Hall–Kier alpha value is -2.42. The molecule has 0 aliphatic heterocycles. The van der Waals surface area contributed by atoms with Crippen LogP contribution < -0.4 is 14.2 Å². The van der Waals surface area contributed by atoms with Crippen LogP contribution in [0, 0.1) is 0 Å². The molecule has 0 radical (unpaired) electrons. The zero-order valence-electron chi connectivity index (χ0n) is 16.0. The summed E-state index contributed by atoms with van der Waals surface area (Å²) in [5.41, 5.74) is 0.766. The summed E-state index contributed by atoms with van der Waals surface area (Å²) in [6.07, 6.45) is 0. The number of ether oxygens (including phenoxy) is 3. The molecule has 2 aromatic rings. The van der Waals surface area contributed by atoms with Gasteiger partial charge in [0.2, 0.25) is 5.75 Å². The number of aliphatic carboxylic acids is 1. The van der Waals surface area contributed by atoms with E-state index in [-0.39, 0.29) is 5.75 Å².